The lowest BCUT2D eigenvalue weighted by atomic mass is 10.0. The average Bonchev–Trinajstić information content (AvgIpc) is 2.88. The van der Waals surface area contributed by atoms with Crippen LogP contribution in [0.3, 0.4) is 0 Å². The normalized spacial score (nSPS) is 14.2. The summed E-state index contributed by atoms with van der Waals surface area (Å²) in [4.78, 5) is 18.5. The highest BCUT2D eigenvalue weighted by atomic mass is 19.1. The van der Waals surface area contributed by atoms with Crippen LogP contribution in [0.25, 0.3) is 11.4 Å². The van der Waals surface area contributed by atoms with Gasteiger partial charge in [0.1, 0.15) is 5.82 Å². The summed E-state index contributed by atoms with van der Waals surface area (Å²) in [7, 11) is 4.06. The fourth-order valence-electron chi connectivity index (χ4n) is 4.05. The van der Waals surface area contributed by atoms with E-state index < -0.39 is 0 Å². The standard InChI is InChI=1S/C30H33FN6/c1-5-18-37-21-26(11-8-19-36(3)4)34-28(23-12-14-25(31)15-13-23)29(37)27-16-17-32-30(35-27)33-20-24-10-7-6-9-22(24)2/h5-18H,19-21H2,1-4H3,(H,32,33,35)/b11-8+,18-5-. The summed E-state index contributed by atoms with van der Waals surface area (Å²) in [5.41, 5.74) is 6.44. The van der Waals surface area contributed by atoms with Gasteiger partial charge in [0.2, 0.25) is 5.95 Å². The van der Waals surface area contributed by atoms with Crippen molar-refractivity contribution < 1.29 is 4.39 Å². The maximum absolute atomic E-state index is 13.8. The molecule has 0 aliphatic carbocycles. The molecule has 3 aromatic rings. The van der Waals surface area contributed by atoms with Crippen LogP contribution in [-0.4, -0.2) is 52.7 Å². The Morgan fingerprint density at radius 2 is 1.86 bits per heavy atom. The van der Waals surface area contributed by atoms with Crippen molar-refractivity contribution >= 4 is 23.1 Å². The van der Waals surface area contributed by atoms with Crippen molar-refractivity contribution in [2.75, 3.05) is 32.5 Å². The first-order valence-corrected chi connectivity index (χ1v) is 12.3. The zero-order chi connectivity index (χ0) is 26.2. The van der Waals surface area contributed by atoms with Crippen molar-refractivity contribution in [1.29, 1.82) is 0 Å². The lowest BCUT2D eigenvalue weighted by Crippen LogP contribution is -2.28. The molecule has 0 saturated carbocycles. The molecule has 1 aliphatic rings. The van der Waals surface area contributed by atoms with Crippen LogP contribution >= 0.6 is 0 Å². The number of halogens is 1. The molecule has 0 unspecified atom stereocenters. The summed E-state index contributed by atoms with van der Waals surface area (Å²) < 4.78 is 13.8. The second-order valence-electron chi connectivity index (χ2n) is 9.13. The number of aryl methyl sites for hydroxylation is 1. The molecule has 0 atom stereocenters. The van der Waals surface area contributed by atoms with E-state index >= 15 is 0 Å². The number of nitrogens with one attached hydrogen (secondary N) is 1. The summed E-state index contributed by atoms with van der Waals surface area (Å²) >= 11 is 0. The van der Waals surface area contributed by atoms with Crippen molar-refractivity contribution in [3.63, 3.8) is 0 Å². The molecule has 0 bridgehead atoms. The van der Waals surface area contributed by atoms with Gasteiger partial charge in [-0.2, -0.15) is 0 Å². The van der Waals surface area contributed by atoms with E-state index in [1.54, 1.807) is 18.3 Å². The van der Waals surface area contributed by atoms with Gasteiger partial charge in [-0.25, -0.2) is 19.4 Å². The fraction of sp³-hybridized carbons (Fsp3) is 0.233. The van der Waals surface area contributed by atoms with Crippen LogP contribution in [0.1, 0.15) is 29.3 Å². The molecular formula is C30H33FN6. The van der Waals surface area contributed by atoms with E-state index in [0.29, 0.717) is 19.0 Å². The van der Waals surface area contributed by atoms with Crippen molar-refractivity contribution in [1.82, 2.24) is 19.8 Å². The Kier molecular flexibility index (Phi) is 8.59. The molecule has 1 N–H and O–H groups in total. The Labute approximate surface area is 218 Å². The van der Waals surface area contributed by atoms with Crippen molar-refractivity contribution in [2.45, 2.75) is 20.4 Å². The van der Waals surface area contributed by atoms with Gasteiger partial charge in [0.25, 0.3) is 0 Å². The van der Waals surface area contributed by atoms with Gasteiger partial charge >= 0.3 is 0 Å². The highest BCUT2D eigenvalue weighted by molar-refractivity contribution is 6.06. The number of hydrogen-bond donors (Lipinski definition) is 1. The zero-order valence-corrected chi connectivity index (χ0v) is 21.8. The van der Waals surface area contributed by atoms with Gasteiger partial charge in [0.05, 0.1) is 29.3 Å². The van der Waals surface area contributed by atoms with E-state index in [2.05, 4.69) is 45.2 Å². The van der Waals surface area contributed by atoms with Crippen LogP contribution in [0, 0.1) is 12.7 Å². The summed E-state index contributed by atoms with van der Waals surface area (Å²) in [6, 6.07) is 16.6. The second-order valence-corrected chi connectivity index (χ2v) is 9.13. The Balaban J connectivity index is 1.77. The minimum absolute atomic E-state index is 0.285. The Morgan fingerprint density at radius 1 is 1.08 bits per heavy atom. The van der Waals surface area contributed by atoms with Crippen LogP contribution in [0.4, 0.5) is 10.3 Å². The van der Waals surface area contributed by atoms with Gasteiger partial charge in [0.15, 0.2) is 0 Å². The Morgan fingerprint density at radius 3 is 2.59 bits per heavy atom. The molecule has 0 radical (unpaired) electrons. The number of allylic oxidation sites excluding steroid dienone is 1. The molecule has 7 heteroatoms. The van der Waals surface area contributed by atoms with Crippen LogP contribution in [0.5, 0.6) is 0 Å². The summed E-state index contributed by atoms with van der Waals surface area (Å²) in [6.45, 7) is 6.10. The molecule has 0 saturated heterocycles. The van der Waals surface area contributed by atoms with E-state index in [4.69, 9.17) is 9.98 Å². The highest BCUT2D eigenvalue weighted by Gasteiger charge is 2.24. The maximum atomic E-state index is 13.8. The molecule has 1 aromatic heterocycles. The third kappa shape index (κ3) is 6.77. The third-order valence-electron chi connectivity index (χ3n) is 5.92. The molecule has 190 valence electrons. The Bertz CT molecular complexity index is 1340. The van der Waals surface area contributed by atoms with E-state index in [1.165, 1.54) is 23.3 Å². The highest BCUT2D eigenvalue weighted by Crippen LogP contribution is 2.33. The van der Waals surface area contributed by atoms with E-state index in [0.717, 1.165) is 34.9 Å². The SMILES string of the molecule is C/C=C\N1CC(/C=C/CN(C)C)=NC(c2ccc(F)cc2)=C1c1ccnc(NCc2ccccc2C)n1. The molecule has 2 aromatic carbocycles. The van der Waals surface area contributed by atoms with Crippen LogP contribution < -0.4 is 5.32 Å². The van der Waals surface area contributed by atoms with Crippen molar-refractivity contribution in [2.24, 2.45) is 4.99 Å². The number of aromatic nitrogens is 2. The molecular weight excluding hydrogens is 463 g/mol. The number of anilines is 1. The van der Waals surface area contributed by atoms with E-state index in [-0.39, 0.29) is 5.82 Å². The Hall–Kier alpha value is -4.10. The molecule has 2 heterocycles. The first-order chi connectivity index (χ1) is 17.9. The van der Waals surface area contributed by atoms with E-state index in [9.17, 15) is 4.39 Å². The number of rotatable bonds is 9. The first-order valence-electron chi connectivity index (χ1n) is 12.3. The number of hydrogen-bond acceptors (Lipinski definition) is 6. The topological polar surface area (TPSA) is 56.6 Å². The minimum Gasteiger partial charge on any atom is -0.350 e. The van der Waals surface area contributed by atoms with Gasteiger partial charge in [-0.3, -0.25) is 0 Å². The molecule has 0 spiro atoms. The van der Waals surface area contributed by atoms with Gasteiger partial charge in [-0.1, -0.05) is 36.4 Å². The average molecular weight is 497 g/mol. The lowest BCUT2D eigenvalue weighted by Gasteiger charge is -2.29. The third-order valence-corrected chi connectivity index (χ3v) is 5.92. The minimum atomic E-state index is -0.285. The number of benzene rings is 2. The van der Waals surface area contributed by atoms with Crippen LogP contribution in [0.2, 0.25) is 0 Å². The molecule has 37 heavy (non-hydrogen) atoms. The maximum Gasteiger partial charge on any atom is 0.223 e. The van der Waals surface area contributed by atoms with Gasteiger partial charge in [-0.15, -0.1) is 0 Å². The monoisotopic (exact) mass is 496 g/mol. The van der Waals surface area contributed by atoms with Crippen molar-refractivity contribution in [3.05, 3.63) is 113 Å². The molecule has 6 nitrogen and oxygen atoms in total. The second kappa shape index (κ2) is 12.2. The van der Waals surface area contributed by atoms with Crippen LogP contribution in [0.15, 0.2) is 90.2 Å². The first kappa shape index (κ1) is 26.0. The smallest absolute Gasteiger partial charge is 0.223 e. The zero-order valence-electron chi connectivity index (χ0n) is 21.8. The molecule has 4 rings (SSSR count). The quantitative estimate of drug-likeness (QED) is 0.408. The largest absolute Gasteiger partial charge is 0.350 e. The summed E-state index contributed by atoms with van der Waals surface area (Å²) in [5, 5.41) is 3.35. The van der Waals surface area contributed by atoms with Crippen LogP contribution in [-0.2, 0) is 6.54 Å². The van der Waals surface area contributed by atoms with Gasteiger partial charge < -0.3 is 15.1 Å². The predicted molar refractivity (Wildman–Crippen MR) is 150 cm³/mol. The number of nitrogens with zero attached hydrogens (tertiary/aromatic N) is 5. The fourth-order valence-corrected chi connectivity index (χ4v) is 4.05. The summed E-state index contributed by atoms with van der Waals surface area (Å²) in [5.74, 6) is 0.250. The number of aliphatic imine (C=N–C) groups is 1. The van der Waals surface area contributed by atoms with Gasteiger partial charge in [-0.05, 0) is 75.5 Å². The lowest BCUT2D eigenvalue weighted by molar-refractivity contribution is 0.456. The summed E-state index contributed by atoms with van der Waals surface area (Å²) in [6.07, 6.45) is 9.91. The molecule has 1 aliphatic heterocycles. The van der Waals surface area contributed by atoms with E-state index in [1.807, 2.05) is 57.6 Å². The predicted octanol–water partition coefficient (Wildman–Crippen LogP) is 5.77. The molecule has 0 amide bonds. The van der Waals surface area contributed by atoms with Gasteiger partial charge in [0, 0.05) is 31.0 Å². The molecule has 0 fully saturated rings. The number of likely N-dealkylation sites (N-methyl/N-ethyl adjacent to an activating group) is 1. The van der Waals surface area contributed by atoms with Crippen molar-refractivity contribution in [3.8, 4) is 0 Å².